The molecule has 0 aromatic heterocycles. The minimum Gasteiger partial charge on any atom is -0.493 e. The first-order chi connectivity index (χ1) is 12.9. The van der Waals surface area contributed by atoms with Gasteiger partial charge in [-0.1, -0.05) is 11.6 Å². The molecule has 1 atom stereocenters. The molecule has 0 aliphatic carbocycles. The highest BCUT2D eigenvalue weighted by molar-refractivity contribution is 6.30. The third-order valence-corrected chi connectivity index (χ3v) is 3.92. The van der Waals surface area contributed by atoms with Crippen molar-refractivity contribution in [1.82, 2.24) is 0 Å². The van der Waals surface area contributed by atoms with Crippen LogP contribution >= 0.6 is 11.6 Å². The maximum absolute atomic E-state index is 12.4. The van der Waals surface area contributed by atoms with Gasteiger partial charge in [-0.2, -0.15) is 0 Å². The Kier molecular flexibility index (Phi) is 6.90. The molecule has 0 radical (unpaired) electrons. The summed E-state index contributed by atoms with van der Waals surface area (Å²) in [7, 11) is 4.34. The number of halogens is 1. The molecule has 0 fully saturated rings. The van der Waals surface area contributed by atoms with Crippen molar-refractivity contribution in [2.24, 2.45) is 0 Å². The zero-order valence-electron chi connectivity index (χ0n) is 15.4. The van der Waals surface area contributed by atoms with Crippen molar-refractivity contribution in [1.29, 1.82) is 0 Å². The van der Waals surface area contributed by atoms with Gasteiger partial charge in [0.2, 0.25) is 5.75 Å². The summed E-state index contributed by atoms with van der Waals surface area (Å²) in [5, 5.41) is 3.20. The van der Waals surface area contributed by atoms with Crippen LogP contribution in [0.4, 0.5) is 5.69 Å². The molecule has 144 valence electrons. The summed E-state index contributed by atoms with van der Waals surface area (Å²) in [6, 6.07) is 9.48. The van der Waals surface area contributed by atoms with Crippen LogP contribution in [0.25, 0.3) is 0 Å². The third kappa shape index (κ3) is 5.04. The minimum absolute atomic E-state index is 0.163. The zero-order chi connectivity index (χ0) is 20.0. The number of esters is 1. The van der Waals surface area contributed by atoms with E-state index in [0.717, 1.165) is 0 Å². The summed E-state index contributed by atoms with van der Waals surface area (Å²) in [4.78, 5) is 24.6. The highest BCUT2D eigenvalue weighted by Crippen LogP contribution is 2.38. The fourth-order valence-corrected chi connectivity index (χ4v) is 2.38. The van der Waals surface area contributed by atoms with Crippen LogP contribution in [-0.4, -0.2) is 39.3 Å². The third-order valence-electron chi connectivity index (χ3n) is 3.67. The first-order valence-electron chi connectivity index (χ1n) is 7.97. The molecule has 27 heavy (non-hydrogen) atoms. The van der Waals surface area contributed by atoms with Crippen molar-refractivity contribution in [3.63, 3.8) is 0 Å². The van der Waals surface area contributed by atoms with E-state index in [0.29, 0.717) is 28.0 Å². The van der Waals surface area contributed by atoms with Gasteiger partial charge in [-0.15, -0.1) is 0 Å². The van der Waals surface area contributed by atoms with Gasteiger partial charge in [0.15, 0.2) is 17.6 Å². The van der Waals surface area contributed by atoms with E-state index in [4.69, 9.17) is 30.5 Å². The van der Waals surface area contributed by atoms with Gasteiger partial charge in [0.1, 0.15) is 0 Å². The standard InChI is InChI=1S/C19H20ClNO6/c1-11(18(22)21-14-7-5-13(20)6-8-14)27-19(23)12-9-15(24-2)17(26-4)16(10-12)25-3/h5-11H,1-4H3,(H,21,22)/t11-/m1/s1. The van der Waals surface area contributed by atoms with Crippen molar-refractivity contribution in [2.75, 3.05) is 26.6 Å². The van der Waals surface area contributed by atoms with E-state index in [-0.39, 0.29) is 5.56 Å². The second-order valence-electron chi connectivity index (χ2n) is 5.46. The Morgan fingerprint density at radius 3 is 2.00 bits per heavy atom. The van der Waals surface area contributed by atoms with Gasteiger partial charge in [-0.3, -0.25) is 4.79 Å². The minimum atomic E-state index is -1.02. The highest BCUT2D eigenvalue weighted by Gasteiger charge is 2.22. The topological polar surface area (TPSA) is 83.1 Å². The summed E-state index contributed by atoms with van der Waals surface area (Å²) >= 11 is 5.81. The van der Waals surface area contributed by atoms with E-state index in [2.05, 4.69) is 5.32 Å². The van der Waals surface area contributed by atoms with Gasteiger partial charge in [-0.05, 0) is 43.3 Å². The lowest BCUT2D eigenvalue weighted by Crippen LogP contribution is -2.30. The Bertz CT molecular complexity index is 796. The van der Waals surface area contributed by atoms with Gasteiger partial charge in [0, 0.05) is 10.7 Å². The summed E-state index contributed by atoms with van der Waals surface area (Å²) < 4.78 is 20.9. The number of methoxy groups -OCH3 is 3. The van der Waals surface area contributed by atoms with Crippen molar-refractivity contribution >= 4 is 29.2 Å². The molecular formula is C19H20ClNO6. The molecule has 0 aliphatic heterocycles. The fraction of sp³-hybridized carbons (Fsp3) is 0.263. The second-order valence-corrected chi connectivity index (χ2v) is 5.89. The lowest BCUT2D eigenvalue weighted by molar-refractivity contribution is -0.123. The van der Waals surface area contributed by atoms with Crippen molar-refractivity contribution in [3.8, 4) is 17.2 Å². The number of amides is 1. The molecule has 2 aromatic carbocycles. The van der Waals surface area contributed by atoms with Crippen LogP contribution in [0, 0.1) is 0 Å². The second kappa shape index (κ2) is 9.14. The highest BCUT2D eigenvalue weighted by atomic mass is 35.5. The van der Waals surface area contributed by atoms with E-state index < -0.39 is 18.0 Å². The van der Waals surface area contributed by atoms with Crippen molar-refractivity contribution in [3.05, 3.63) is 47.0 Å². The molecule has 0 aliphatic rings. The molecule has 0 saturated carbocycles. The number of ether oxygens (including phenoxy) is 4. The molecule has 0 unspecified atom stereocenters. The largest absolute Gasteiger partial charge is 0.493 e. The lowest BCUT2D eigenvalue weighted by atomic mass is 10.2. The first-order valence-corrected chi connectivity index (χ1v) is 8.34. The average Bonchev–Trinajstić information content (AvgIpc) is 2.68. The smallest absolute Gasteiger partial charge is 0.339 e. The molecule has 8 heteroatoms. The normalized spacial score (nSPS) is 11.3. The molecule has 1 amide bonds. The fourth-order valence-electron chi connectivity index (χ4n) is 2.26. The number of nitrogens with one attached hydrogen (secondary N) is 1. The number of hydrogen-bond acceptors (Lipinski definition) is 6. The van der Waals surface area contributed by atoms with Gasteiger partial charge in [0.05, 0.1) is 26.9 Å². The molecule has 0 saturated heterocycles. The van der Waals surface area contributed by atoms with E-state index in [1.165, 1.54) is 40.4 Å². The van der Waals surface area contributed by atoms with E-state index >= 15 is 0 Å². The molecule has 7 nitrogen and oxygen atoms in total. The van der Waals surface area contributed by atoms with Gasteiger partial charge < -0.3 is 24.3 Å². The van der Waals surface area contributed by atoms with Crippen LogP contribution < -0.4 is 19.5 Å². The Balaban J connectivity index is 2.11. The van der Waals surface area contributed by atoms with E-state index in [1.807, 2.05) is 0 Å². The van der Waals surface area contributed by atoms with Crippen molar-refractivity contribution < 1.29 is 28.5 Å². The average molecular weight is 394 g/mol. The predicted octanol–water partition coefficient (Wildman–Crippen LogP) is 3.55. The Morgan fingerprint density at radius 1 is 0.963 bits per heavy atom. The zero-order valence-corrected chi connectivity index (χ0v) is 16.1. The monoisotopic (exact) mass is 393 g/mol. The van der Waals surface area contributed by atoms with Crippen LogP contribution in [0.15, 0.2) is 36.4 Å². The Labute approximate surface area is 162 Å². The van der Waals surface area contributed by atoms with Crippen LogP contribution in [0.1, 0.15) is 17.3 Å². The molecule has 1 N–H and O–H groups in total. The number of carbonyl (C=O) groups excluding carboxylic acids is 2. The maximum Gasteiger partial charge on any atom is 0.339 e. The SMILES string of the molecule is COc1cc(C(=O)O[C@H](C)C(=O)Nc2ccc(Cl)cc2)cc(OC)c1OC. The molecule has 2 aromatic rings. The van der Waals surface area contributed by atoms with Gasteiger partial charge >= 0.3 is 5.97 Å². The molecule has 0 bridgehead atoms. The lowest BCUT2D eigenvalue weighted by Gasteiger charge is -2.16. The van der Waals surface area contributed by atoms with Gasteiger partial charge in [0.25, 0.3) is 5.91 Å². The maximum atomic E-state index is 12.4. The summed E-state index contributed by atoms with van der Waals surface area (Å²) in [5.74, 6) is -0.208. The van der Waals surface area contributed by atoms with Gasteiger partial charge in [-0.25, -0.2) is 4.79 Å². The van der Waals surface area contributed by atoms with Crippen LogP contribution in [0.2, 0.25) is 5.02 Å². The summed E-state index contributed by atoms with van der Waals surface area (Å²) in [5.41, 5.74) is 0.704. The summed E-state index contributed by atoms with van der Waals surface area (Å²) in [6.07, 6.45) is -1.02. The van der Waals surface area contributed by atoms with Crippen LogP contribution in [-0.2, 0) is 9.53 Å². The predicted molar refractivity (Wildman–Crippen MR) is 101 cm³/mol. The number of hydrogen-bond donors (Lipinski definition) is 1. The van der Waals surface area contributed by atoms with Crippen molar-refractivity contribution in [2.45, 2.75) is 13.0 Å². The summed E-state index contributed by atoms with van der Waals surface area (Å²) in [6.45, 7) is 1.47. The first kappa shape index (κ1) is 20.4. The molecule has 2 rings (SSSR count). The number of carbonyl (C=O) groups is 2. The molecule has 0 heterocycles. The van der Waals surface area contributed by atoms with E-state index in [1.54, 1.807) is 24.3 Å². The quantitative estimate of drug-likeness (QED) is 0.724. The number of rotatable bonds is 7. The van der Waals surface area contributed by atoms with Crippen LogP contribution in [0.5, 0.6) is 17.2 Å². The van der Waals surface area contributed by atoms with E-state index in [9.17, 15) is 9.59 Å². The molecule has 0 spiro atoms. The van der Waals surface area contributed by atoms with Crippen LogP contribution in [0.3, 0.4) is 0 Å². The Hall–Kier alpha value is -2.93. The Morgan fingerprint density at radius 2 is 1.52 bits per heavy atom. The number of benzene rings is 2. The number of anilines is 1. The molecular weight excluding hydrogens is 374 g/mol.